The predicted octanol–water partition coefficient (Wildman–Crippen LogP) is 4.17. The van der Waals surface area contributed by atoms with Crippen LogP contribution in [0.2, 0.25) is 0 Å². The van der Waals surface area contributed by atoms with Crippen molar-refractivity contribution in [2.75, 3.05) is 42.1 Å². The van der Waals surface area contributed by atoms with E-state index in [0.29, 0.717) is 28.2 Å². The lowest BCUT2D eigenvalue weighted by Crippen LogP contribution is -2.46. The highest BCUT2D eigenvalue weighted by atomic mass is 16.1. The second kappa shape index (κ2) is 10.9. The first kappa shape index (κ1) is 24.0. The third-order valence-corrected chi connectivity index (χ3v) is 6.45. The average Bonchev–Trinajstić information content (AvgIpc) is 2.95. The maximum Gasteiger partial charge on any atom is 0.255 e. The third-order valence-electron chi connectivity index (χ3n) is 6.45. The molecule has 1 aliphatic heterocycles. The fourth-order valence-corrected chi connectivity index (χ4v) is 4.43. The largest absolute Gasteiger partial charge is 0.397 e. The number of pyridine rings is 2. The number of nitrogens with one attached hydrogen (secondary N) is 1. The van der Waals surface area contributed by atoms with Gasteiger partial charge in [-0.05, 0) is 48.0 Å². The summed E-state index contributed by atoms with van der Waals surface area (Å²) in [5, 5.41) is 12.6. The van der Waals surface area contributed by atoms with E-state index < -0.39 is 0 Å². The molecule has 1 aliphatic rings. The number of amides is 1. The summed E-state index contributed by atoms with van der Waals surface area (Å²) in [5.41, 5.74) is 10.4. The summed E-state index contributed by atoms with van der Waals surface area (Å²) in [6, 6.07) is 24.4. The first-order valence-corrected chi connectivity index (χ1v) is 12.1. The molecule has 1 amide bonds. The van der Waals surface area contributed by atoms with Gasteiger partial charge in [-0.2, -0.15) is 5.26 Å². The Morgan fingerprint density at radius 2 is 1.73 bits per heavy atom. The lowest BCUT2D eigenvalue weighted by molar-refractivity contribution is 0.102. The van der Waals surface area contributed by atoms with E-state index in [4.69, 9.17) is 5.73 Å². The number of aromatic nitrogens is 2. The molecule has 0 bridgehead atoms. The van der Waals surface area contributed by atoms with Gasteiger partial charge in [-0.15, -0.1) is 0 Å². The minimum Gasteiger partial charge on any atom is -0.397 e. The Morgan fingerprint density at radius 3 is 2.43 bits per heavy atom. The van der Waals surface area contributed by atoms with E-state index in [2.05, 4.69) is 31.2 Å². The molecule has 3 heterocycles. The van der Waals surface area contributed by atoms with E-state index in [9.17, 15) is 10.1 Å². The standard InChI is InChI=1S/C29H27N7O/c30-18-24-17-21(20-35-13-15-36(16-14-35)27-7-3-4-12-32-27)19-33-28(24)22-8-10-23(11-9-22)29(37)34-26-6-2-1-5-25(26)31/h1-12,17,19H,13-16,20,31H2,(H,34,37). The van der Waals surface area contributed by atoms with Gasteiger partial charge in [0.25, 0.3) is 5.91 Å². The molecule has 8 heteroatoms. The number of hydrogen-bond donors (Lipinski definition) is 2. The zero-order chi connectivity index (χ0) is 25.6. The van der Waals surface area contributed by atoms with Crippen LogP contribution in [0.1, 0.15) is 21.5 Å². The average molecular weight is 490 g/mol. The summed E-state index contributed by atoms with van der Waals surface area (Å²) in [7, 11) is 0. The molecule has 3 N–H and O–H groups in total. The maximum absolute atomic E-state index is 12.6. The Kier molecular flexibility index (Phi) is 7.06. The zero-order valence-electron chi connectivity index (χ0n) is 20.3. The topological polar surface area (TPSA) is 111 Å². The molecular formula is C29H27N7O. The molecule has 0 aliphatic carbocycles. The van der Waals surface area contributed by atoms with Crippen LogP contribution in [0.5, 0.6) is 0 Å². The normalized spacial score (nSPS) is 13.6. The van der Waals surface area contributed by atoms with Crippen LogP contribution in [0.4, 0.5) is 17.2 Å². The highest BCUT2D eigenvalue weighted by Gasteiger charge is 2.19. The van der Waals surface area contributed by atoms with Gasteiger partial charge in [-0.3, -0.25) is 14.7 Å². The molecule has 5 rings (SSSR count). The number of carbonyl (C=O) groups excluding carboxylic acids is 1. The molecule has 0 unspecified atom stereocenters. The van der Waals surface area contributed by atoms with Crippen molar-refractivity contribution in [3.05, 3.63) is 102 Å². The minimum absolute atomic E-state index is 0.253. The van der Waals surface area contributed by atoms with Gasteiger partial charge in [0.05, 0.1) is 22.6 Å². The lowest BCUT2D eigenvalue weighted by atomic mass is 10.0. The number of benzene rings is 2. The Bertz CT molecular complexity index is 1420. The predicted molar refractivity (Wildman–Crippen MR) is 145 cm³/mol. The highest BCUT2D eigenvalue weighted by Crippen LogP contribution is 2.24. The number of carbonyl (C=O) groups is 1. The van der Waals surface area contributed by atoms with E-state index in [1.807, 2.05) is 60.9 Å². The summed E-state index contributed by atoms with van der Waals surface area (Å²) < 4.78 is 0. The van der Waals surface area contributed by atoms with E-state index in [1.165, 1.54) is 0 Å². The van der Waals surface area contributed by atoms with Crippen LogP contribution >= 0.6 is 0 Å². The van der Waals surface area contributed by atoms with Crippen LogP contribution in [-0.4, -0.2) is 47.0 Å². The number of hydrogen-bond acceptors (Lipinski definition) is 7. The van der Waals surface area contributed by atoms with Crippen LogP contribution in [-0.2, 0) is 6.54 Å². The number of piperazine rings is 1. The number of anilines is 3. The molecule has 8 nitrogen and oxygen atoms in total. The number of nitrogens with zero attached hydrogens (tertiary/aromatic N) is 5. The van der Waals surface area contributed by atoms with Crippen molar-refractivity contribution in [3.8, 4) is 17.3 Å². The second-order valence-electron chi connectivity index (χ2n) is 8.92. The quantitative estimate of drug-likeness (QED) is 0.391. The first-order chi connectivity index (χ1) is 18.1. The lowest BCUT2D eigenvalue weighted by Gasteiger charge is -2.35. The molecule has 0 saturated carbocycles. The van der Waals surface area contributed by atoms with E-state index in [1.54, 1.807) is 24.3 Å². The summed E-state index contributed by atoms with van der Waals surface area (Å²) in [4.78, 5) is 26.3. The minimum atomic E-state index is -0.253. The van der Waals surface area contributed by atoms with Crippen molar-refractivity contribution in [2.24, 2.45) is 0 Å². The van der Waals surface area contributed by atoms with Gasteiger partial charge in [-0.1, -0.05) is 30.3 Å². The molecule has 1 fully saturated rings. The van der Waals surface area contributed by atoms with Crippen molar-refractivity contribution in [3.63, 3.8) is 0 Å². The molecule has 0 radical (unpaired) electrons. The van der Waals surface area contributed by atoms with Crippen molar-refractivity contribution in [2.45, 2.75) is 6.54 Å². The monoisotopic (exact) mass is 489 g/mol. The van der Waals surface area contributed by atoms with Crippen molar-refractivity contribution in [1.29, 1.82) is 5.26 Å². The summed E-state index contributed by atoms with van der Waals surface area (Å²) in [5.74, 6) is 0.754. The van der Waals surface area contributed by atoms with E-state index in [0.717, 1.165) is 49.7 Å². The molecule has 184 valence electrons. The molecule has 0 atom stereocenters. The molecule has 0 spiro atoms. The molecule has 1 saturated heterocycles. The number of rotatable bonds is 6. The fourth-order valence-electron chi connectivity index (χ4n) is 4.43. The third kappa shape index (κ3) is 5.58. The van der Waals surface area contributed by atoms with Crippen LogP contribution in [0.25, 0.3) is 11.3 Å². The SMILES string of the molecule is N#Cc1cc(CN2CCN(c3ccccn3)CC2)cnc1-c1ccc(C(=O)Nc2ccccc2N)cc1. The van der Waals surface area contributed by atoms with Gasteiger partial charge in [-0.25, -0.2) is 4.98 Å². The maximum atomic E-state index is 12.6. The summed E-state index contributed by atoms with van der Waals surface area (Å²) in [6.07, 6.45) is 3.65. The van der Waals surface area contributed by atoms with Gasteiger partial charge in [0.2, 0.25) is 0 Å². The Labute approximate surface area is 216 Å². The molecule has 4 aromatic rings. The number of nitrogen functional groups attached to an aromatic ring is 1. The van der Waals surface area contributed by atoms with E-state index >= 15 is 0 Å². The fraction of sp³-hybridized carbons (Fsp3) is 0.172. The number of nitriles is 1. The molecule has 2 aromatic heterocycles. The zero-order valence-corrected chi connectivity index (χ0v) is 20.3. The highest BCUT2D eigenvalue weighted by molar-refractivity contribution is 6.05. The van der Waals surface area contributed by atoms with Gasteiger partial charge in [0.1, 0.15) is 11.9 Å². The smallest absolute Gasteiger partial charge is 0.255 e. The Balaban J connectivity index is 1.23. The van der Waals surface area contributed by atoms with Crippen LogP contribution < -0.4 is 16.0 Å². The van der Waals surface area contributed by atoms with Crippen LogP contribution in [0.3, 0.4) is 0 Å². The second-order valence-corrected chi connectivity index (χ2v) is 8.92. The van der Waals surface area contributed by atoms with Crippen LogP contribution in [0, 0.1) is 11.3 Å². The summed E-state index contributed by atoms with van der Waals surface area (Å²) >= 11 is 0. The number of nitrogens with two attached hydrogens (primary N) is 1. The van der Waals surface area contributed by atoms with E-state index in [-0.39, 0.29) is 5.91 Å². The van der Waals surface area contributed by atoms with Crippen LogP contribution in [0.15, 0.2) is 85.2 Å². The van der Waals surface area contributed by atoms with Crippen molar-refractivity contribution in [1.82, 2.24) is 14.9 Å². The van der Waals surface area contributed by atoms with Gasteiger partial charge < -0.3 is 16.0 Å². The van der Waals surface area contributed by atoms with Crippen molar-refractivity contribution >= 4 is 23.1 Å². The number of para-hydroxylation sites is 2. The van der Waals surface area contributed by atoms with Crippen molar-refractivity contribution < 1.29 is 4.79 Å². The van der Waals surface area contributed by atoms with Gasteiger partial charge in [0, 0.05) is 56.2 Å². The molecule has 2 aromatic carbocycles. The Hall–Kier alpha value is -4.74. The molecule has 37 heavy (non-hydrogen) atoms. The molecular weight excluding hydrogens is 462 g/mol. The summed E-state index contributed by atoms with van der Waals surface area (Å²) in [6.45, 7) is 4.38. The van der Waals surface area contributed by atoms with Gasteiger partial charge >= 0.3 is 0 Å². The first-order valence-electron chi connectivity index (χ1n) is 12.1. The van der Waals surface area contributed by atoms with Gasteiger partial charge in [0.15, 0.2) is 0 Å². The Morgan fingerprint density at radius 1 is 0.973 bits per heavy atom.